The zero-order chi connectivity index (χ0) is 11.8. The summed E-state index contributed by atoms with van der Waals surface area (Å²) >= 11 is 6.04. The second-order valence-electron chi connectivity index (χ2n) is 3.70. The molecule has 0 radical (unpaired) electrons. The van der Waals surface area contributed by atoms with Crippen molar-refractivity contribution in [3.05, 3.63) is 53.8 Å². The Morgan fingerprint density at radius 2 is 1.82 bits per heavy atom. The van der Waals surface area contributed by atoms with Crippen LogP contribution in [-0.4, -0.2) is 14.5 Å². The van der Waals surface area contributed by atoms with Crippen molar-refractivity contribution < 1.29 is 5.11 Å². The van der Waals surface area contributed by atoms with E-state index in [-0.39, 0.29) is 5.75 Å². The monoisotopic (exact) mass is 244 g/mol. The number of hydrogen-bond donors (Lipinski definition) is 1. The quantitative estimate of drug-likeness (QED) is 0.713. The fraction of sp³-hybridized carbons (Fsp3) is 0. The van der Waals surface area contributed by atoms with Crippen molar-refractivity contribution in [1.82, 2.24) is 9.38 Å². The Kier molecular flexibility index (Phi) is 2.27. The molecule has 3 aromatic rings. The van der Waals surface area contributed by atoms with E-state index in [1.807, 2.05) is 36.5 Å². The summed E-state index contributed by atoms with van der Waals surface area (Å²) in [6, 6.07) is 13.1. The molecule has 0 amide bonds. The van der Waals surface area contributed by atoms with Crippen molar-refractivity contribution >= 4 is 17.1 Å². The lowest BCUT2D eigenvalue weighted by Crippen LogP contribution is -1.88. The predicted octanol–water partition coefficient (Wildman–Crippen LogP) is 3.36. The van der Waals surface area contributed by atoms with E-state index < -0.39 is 0 Å². The molecule has 0 saturated carbocycles. The maximum Gasteiger partial charge on any atom is 0.159 e. The first kappa shape index (κ1) is 10.2. The van der Waals surface area contributed by atoms with Gasteiger partial charge in [0, 0.05) is 11.8 Å². The molecule has 2 heterocycles. The van der Waals surface area contributed by atoms with Gasteiger partial charge in [-0.2, -0.15) is 0 Å². The summed E-state index contributed by atoms with van der Waals surface area (Å²) in [5.41, 5.74) is 1.49. The first-order chi connectivity index (χ1) is 8.27. The van der Waals surface area contributed by atoms with Crippen LogP contribution in [0.3, 0.4) is 0 Å². The van der Waals surface area contributed by atoms with Crippen LogP contribution >= 0.6 is 11.6 Å². The molecule has 2 aromatic heterocycles. The Morgan fingerprint density at radius 1 is 1.06 bits per heavy atom. The van der Waals surface area contributed by atoms with Crippen LogP contribution in [0.4, 0.5) is 0 Å². The lowest BCUT2D eigenvalue weighted by molar-refractivity contribution is 0.479. The Labute approximate surface area is 103 Å². The molecule has 0 aliphatic rings. The Hall–Kier alpha value is -2.00. The van der Waals surface area contributed by atoms with Gasteiger partial charge in [-0.25, -0.2) is 4.98 Å². The smallest absolute Gasteiger partial charge is 0.159 e. The van der Waals surface area contributed by atoms with Gasteiger partial charge in [0.05, 0.1) is 0 Å². The predicted molar refractivity (Wildman–Crippen MR) is 67.3 cm³/mol. The van der Waals surface area contributed by atoms with Crippen molar-refractivity contribution in [3.63, 3.8) is 0 Å². The van der Waals surface area contributed by atoms with Crippen molar-refractivity contribution in [3.8, 4) is 17.1 Å². The van der Waals surface area contributed by atoms with Crippen molar-refractivity contribution in [2.75, 3.05) is 0 Å². The average Bonchev–Trinajstić information content (AvgIpc) is 2.69. The number of imidazole rings is 1. The summed E-state index contributed by atoms with van der Waals surface area (Å²) in [5.74, 6) is 0.855. The van der Waals surface area contributed by atoms with Crippen molar-refractivity contribution in [2.24, 2.45) is 0 Å². The zero-order valence-corrected chi connectivity index (χ0v) is 9.59. The normalized spacial score (nSPS) is 10.9. The number of hydrogen-bond acceptors (Lipinski definition) is 2. The van der Waals surface area contributed by atoms with Gasteiger partial charge in [-0.15, -0.1) is 0 Å². The molecule has 17 heavy (non-hydrogen) atoms. The third-order valence-corrected chi connectivity index (χ3v) is 2.90. The van der Waals surface area contributed by atoms with E-state index in [1.54, 1.807) is 16.5 Å². The summed E-state index contributed by atoms with van der Waals surface area (Å²) in [5, 5.41) is 10.1. The molecule has 1 aromatic carbocycles. The van der Waals surface area contributed by atoms with E-state index in [2.05, 4.69) is 4.98 Å². The summed E-state index contributed by atoms with van der Waals surface area (Å²) in [4.78, 5) is 4.29. The lowest BCUT2D eigenvalue weighted by Gasteiger charge is -2.01. The molecule has 4 heteroatoms. The Balaban J connectivity index is 2.36. The van der Waals surface area contributed by atoms with Crippen LogP contribution in [0.2, 0.25) is 5.15 Å². The van der Waals surface area contributed by atoms with Gasteiger partial charge in [0.25, 0.3) is 0 Å². The molecule has 3 rings (SSSR count). The SMILES string of the molecule is Oc1cccn2c(-c3ccccc3)nc(Cl)c12. The summed E-state index contributed by atoms with van der Waals surface area (Å²) in [7, 11) is 0. The molecular formula is C13H9ClN2O. The van der Waals surface area contributed by atoms with Crippen LogP contribution in [0.25, 0.3) is 16.9 Å². The van der Waals surface area contributed by atoms with Gasteiger partial charge in [-0.3, -0.25) is 4.40 Å². The summed E-state index contributed by atoms with van der Waals surface area (Å²) in [6.45, 7) is 0. The second kappa shape index (κ2) is 3.79. The van der Waals surface area contributed by atoms with Gasteiger partial charge in [0.2, 0.25) is 0 Å². The highest BCUT2D eigenvalue weighted by Crippen LogP contribution is 2.30. The molecule has 0 aliphatic heterocycles. The molecule has 0 aliphatic carbocycles. The van der Waals surface area contributed by atoms with Gasteiger partial charge >= 0.3 is 0 Å². The molecule has 0 unspecified atom stereocenters. The first-order valence-corrected chi connectivity index (χ1v) is 5.56. The number of rotatable bonds is 1. The van der Waals surface area contributed by atoms with E-state index >= 15 is 0 Å². The van der Waals surface area contributed by atoms with E-state index in [0.29, 0.717) is 10.7 Å². The lowest BCUT2D eigenvalue weighted by atomic mass is 10.2. The van der Waals surface area contributed by atoms with E-state index in [4.69, 9.17) is 11.6 Å². The molecule has 0 spiro atoms. The van der Waals surface area contributed by atoms with Crippen LogP contribution in [0.5, 0.6) is 5.75 Å². The number of nitrogens with zero attached hydrogens (tertiary/aromatic N) is 2. The van der Waals surface area contributed by atoms with Gasteiger partial charge in [-0.05, 0) is 12.1 Å². The summed E-state index contributed by atoms with van der Waals surface area (Å²) in [6.07, 6.45) is 1.83. The van der Waals surface area contributed by atoms with Crippen LogP contribution in [-0.2, 0) is 0 Å². The molecule has 3 nitrogen and oxygen atoms in total. The van der Waals surface area contributed by atoms with Crippen LogP contribution < -0.4 is 0 Å². The van der Waals surface area contributed by atoms with E-state index in [1.165, 1.54) is 0 Å². The Bertz CT molecular complexity index is 676. The number of halogens is 1. The van der Waals surface area contributed by atoms with Gasteiger partial charge in [-0.1, -0.05) is 41.9 Å². The van der Waals surface area contributed by atoms with Crippen molar-refractivity contribution in [2.45, 2.75) is 0 Å². The summed E-state index contributed by atoms with van der Waals surface area (Å²) < 4.78 is 1.78. The van der Waals surface area contributed by atoms with Gasteiger partial charge < -0.3 is 5.11 Å². The maximum atomic E-state index is 9.77. The van der Waals surface area contributed by atoms with Crippen LogP contribution in [0, 0.1) is 0 Å². The number of benzene rings is 1. The van der Waals surface area contributed by atoms with Crippen molar-refractivity contribution in [1.29, 1.82) is 0 Å². The molecule has 0 fully saturated rings. The molecule has 84 valence electrons. The molecule has 0 bridgehead atoms. The highest BCUT2D eigenvalue weighted by molar-refractivity contribution is 6.33. The standard InChI is InChI=1S/C13H9ClN2O/c14-12-11-10(17)7-4-8-16(11)13(15-12)9-5-2-1-3-6-9/h1-8,17H. The minimum Gasteiger partial charge on any atom is -0.506 e. The van der Waals surface area contributed by atoms with Gasteiger partial charge in [0.1, 0.15) is 17.1 Å². The maximum absolute atomic E-state index is 9.77. The number of aromatic nitrogens is 2. The minimum absolute atomic E-state index is 0.132. The number of aromatic hydroxyl groups is 1. The van der Waals surface area contributed by atoms with Gasteiger partial charge in [0.15, 0.2) is 5.15 Å². The fourth-order valence-electron chi connectivity index (χ4n) is 1.87. The number of pyridine rings is 1. The number of fused-ring (bicyclic) bond motifs is 1. The average molecular weight is 245 g/mol. The minimum atomic E-state index is 0.132. The molecule has 1 N–H and O–H groups in total. The highest BCUT2D eigenvalue weighted by Gasteiger charge is 2.13. The Morgan fingerprint density at radius 3 is 2.59 bits per heavy atom. The van der Waals surface area contributed by atoms with E-state index in [9.17, 15) is 5.11 Å². The van der Waals surface area contributed by atoms with Crippen LogP contribution in [0.1, 0.15) is 0 Å². The second-order valence-corrected chi connectivity index (χ2v) is 4.06. The third kappa shape index (κ3) is 1.56. The molecule has 0 saturated heterocycles. The van der Waals surface area contributed by atoms with E-state index in [0.717, 1.165) is 11.4 Å². The highest BCUT2D eigenvalue weighted by atomic mass is 35.5. The first-order valence-electron chi connectivity index (χ1n) is 5.18. The topological polar surface area (TPSA) is 37.5 Å². The zero-order valence-electron chi connectivity index (χ0n) is 8.84. The largest absolute Gasteiger partial charge is 0.506 e. The third-order valence-electron chi connectivity index (χ3n) is 2.63. The fourth-order valence-corrected chi connectivity index (χ4v) is 2.14. The molecular weight excluding hydrogens is 236 g/mol. The van der Waals surface area contributed by atoms with Crippen LogP contribution in [0.15, 0.2) is 48.7 Å². The molecule has 0 atom stereocenters.